The van der Waals surface area contributed by atoms with Crippen molar-refractivity contribution in [1.82, 2.24) is 5.32 Å². The van der Waals surface area contributed by atoms with Gasteiger partial charge in [-0.25, -0.2) is 8.42 Å². The van der Waals surface area contributed by atoms with Crippen LogP contribution in [0.2, 0.25) is 10.0 Å². The molecule has 1 amide bonds. The molecule has 0 heterocycles. The fourth-order valence-corrected chi connectivity index (χ4v) is 4.38. The van der Waals surface area contributed by atoms with E-state index in [9.17, 15) is 13.2 Å². The van der Waals surface area contributed by atoms with E-state index in [1.807, 2.05) is 0 Å². The first kappa shape index (κ1) is 21.1. The molecule has 0 aliphatic heterocycles. The van der Waals surface area contributed by atoms with Gasteiger partial charge in [0.15, 0.2) is 0 Å². The molecule has 0 atom stereocenters. The summed E-state index contributed by atoms with van der Waals surface area (Å²) in [5, 5.41) is 3.63. The van der Waals surface area contributed by atoms with E-state index in [0.29, 0.717) is 28.7 Å². The van der Waals surface area contributed by atoms with Crippen molar-refractivity contribution >= 4 is 44.8 Å². The topological polar surface area (TPSA) is 66.5 Å². The predicted molar refractivity (Wildman–Crippen MR) is 107 cm³/mol. The van der Waals surface area contributed by atoms with E-state index in [4.69, 9.17) is 23.2 Å². The highest BCUT2D eigenvalue weighted by Crippen LogP contribution is 2.27. The van der Waals surface area contributed by atoms with E-state index in [2.05, 4.69) is 11.4 Å². The van der Waals surface area contributed by atoms with Crippen LogP contribution in [0.3, 0.4) is 0 Å². The van der Waals surface area contributed by atoms with Crippen molar-refractivity contribution in [3.8, 4) is 0 Å². The van der Waals surface area contributed by atoms with Crippen LogP contribution in [-0.4, -0.2) is 33.7 Å². The third kappa shape index (κ3) is 6.82. The Bertz CT molecular complexity index is 758. The number of hydrogen-bond donors (Lipinski definition) is 1. The molecule has 0 spiro atoms. The molecule has 0 fully saturated rings. The van der Waals surface area contributed by atoms with Crippen LogP contribution < -0.4 is 9.62 Å². The fourth-order valence-electron chi connectivity index (χ4n) is 2.92. The van der Waals surface area contributed by atoms with Crippen molar-refractivity contribution in [2.75, 3.05) is 23.7 Å². The highest BCUT2D eigenvalue weighted by molar-refractivity contribution is 7.92. The zero-order valence-electron chi connectivity index (χ0n) is 14.8. The molecular formula is C18H24Cl2N2O3S. The van der Waals surface area contributed by atoms with Crippen LogP contribution in [-0.2, 0) is 14.8 Å². The summed E-state index contributed by atoms with van der Waals surface area (Å²) in [7, 11) is -3.50. The molecule has 0 saturated heterocycles. The number of rotatable bonds is 8. The number of nitrogens with one attached hydrogen (secondary N) is 1. The first-order chi connectivity index (χ1) is 12.3. The smallest absolute Gasteiger partial charge is 0.232 e. The van der Waals surface area contributed by atoms with E-state index in [0.717, 1.165) is 19.1 Å². The van der Waals surface area contributed by atoms with Gasteiger partial charge in [-0.15, -0.1) is 0 Å². The predicted octanol–water partition coefficient (Wildman–Crippen LogP) is 4.16. The number of allylic oxidation sites excluding steroid dienone is 1. The number of nitrogens with zero attached hydrogens (tertiary/aromatic N) is 1. The largest absolute Gasteiger partial charge is 0.352 e. The molecule has 1 aromatic carbocycles. The first-order valence-corrected chi connectivity index (χ1v) is 11.2. The van der Waals surface area contributed by atoms with Gasteiger partial charge in [0.1, 0.15) is 0 Å². The van der Waals surface area contributed by atoms with Crippen molar-refractivity contribution < 1.29 is 13.2 Å². The molecule has 0 saturated carbocycles. The second-order valence-corrected chi connectivity index (χ2v) is 9.23. The Morgan fingerprint density at radius 3 is 2.46 bits per heavy atom. The van der Waals surface area contributed by atoms with E-state index in [1.165, 1.54) is 22.7 Å². The number of halogens is 2. The SMILES string of the molecule is CS(=O)(=O)N(CCCC(=O)NCC1=CCCCC1)c1cc(Cl)cc(Cl)c1. The maximum Gasteiger partial charge on any atom is 0.232 e. The van der Waals surface area contributed by atoms with Gasteiger partial charge in [0.05, 0.1) is 11.9 Å². The summed E-state index contributed by atoms with van der Waals surface area (Å²) in [4.78, 5) is 12.0. The monoisotopic (exact) mass is 418 g/mol. The van der Waals surface area contributed by atoms with Gasteiger partial charge in [0.2, 0.25) is 15.9 Å². The van der Waals surface area contributed by atoms with Gasteiger partial charge in [-0.2, -0.15) is 0 Å². The van der Waals surface area contributed by atoms with Crippen molar-refractivity contribution in [3.63, 3.8) is 0 Å². The van der Waals surface area contributed by atoms with Gasteiger partial charge in [0, 0.05) is 29.6 Å². The molecule has 1 aliphatic carbocycles. The number of carbonyl (C=O) groups is 1. The molecule has 144 valence electrons. The maximum absolute atomic E-state index is 12.1. The zero-order chi connectivity index (χ0) is 19.2. The minimum absolute atomic E-state index is 0.0750. The third-order valence-electron chi connectivity index (χ3n) is 4.20. The van der Waals surface area contributed by atoms with Gasteiger partial charge in [-0.3, -0.25) is 9.10 Å². The van der Waals surface area contributed by atoms with Crippen molar-refractivity contribution in [1.29, 1.82) is 0 Å². The highest BCUT2D eigenvalue weighted by atomic mass is 35.5. The Hall–Kier alpha value is -1.24. The minimum Gasteiger partial charge on any atom is -0.352 e. The average Bonchev–Trinajstić information content (AvgIpc) is 2.55. The lowest BCUT2D eigenvalue weighted by Gasteiger charge is -2.23. The summed E-state index contributed by atoms with van der Waals surface area (Å²) in [5.74, 6) is -0.0750. The fraction of sp³-hybridized carbons (Fsp3) is 0.500. The van der Waals surface area contributed by atoms with E-state index in [1.54, 1.807) is 18.2 Å². The van der Waals surface area contributed by atoms with Crippen LogP contribution in [0, 0.1) is 0 Å². The van der Waals surface area contributed by atoms with Crippen molar-refractivity contribution in [2.24, 2.45) is 0 Å². The summed E-state index contributed by atoms with van der Waals surface area (Å²) < 4.78 is 25.4. The standard InChI is InChI=1S/C18H24Cl2N2O3S/c1-26(24,25)22(17-11-15(19)10-16(20)12-17)9-5-8-18(23)21-13-14-6-3-2-4-7-14/h6,10-12H,2-5,7-9,13H2,1H3,(H,21,23). The number of benzene rings is 1. The Balaban J connectivity index is 1.89. The quantitative estimate of drug-likeness (QED) is 0.644. The zero-order valence-corrected chi connectivity index (χ0v) is 17.1. The van der Waals surface area contributed by atoms with Crippen LogP contribution in [0.4, 0.5) is 5.69 Å². The molecule has 1 aliphatic rings. The highest BCUT2D eigenvalue weighted by Gasteiger charge is 2.18. The van der Waals surface area contributed by atoms with Gasteiger partial charge >= 0.3 is 0 Å². The van der Waals surface area contributed by atoms with Crippen LogP contribution in [0.5, 0.6) is 0 Å². The van der Waals surface area contributed by atoms with Gasteiger partial charge in [-0.1, -0.05) is 34.9 Å². The van der Waals surface area contributed by atoms with Gasteiger partial charge in [0.25, 0.3) is 0 Å². The summed E-state index contributed by atoms with van der Waals surface area (Å²) >= 11 is 11.9. The summed E-state index contributed by atoms with van der Waals surface area (Å²) in [5.41, 5.74) is 1.67. The Labute approximate surface area is 165 Å². The number of sulfonamides is 1. The van der Waals surface area contributed by atoms with Crippen LogP contribution in [0.1, 0.15) is 38.5 Å². The third-order valence-corrected chi connectivity index (χ3v) is 5.83. The lowest BCUT2D eigenvalue weighted by Crippen LogP contribution is -2.32. The van der Waals surface area contributed by atoms with Gasteiger partial charge in [-0.05, 0) is 50.3 Å². The van der Waals surface area contributed by atoms with Crippen molar-refractivity contribution in [2.45, 2.75) is 38.5 Å². The van der Waals surface area contributed by atoms with Crippen molar-refractivity contribution in [3.05, 3.63) is 39.9 Å². The van der Waals surface area contributed by atoms with Crippen LogP contribution in [0.15, 0.2) is 29.8 Å². The second-order valence-electron chi connectivity index (χ2n) is 6.45. The molecular weight excluding hydrogens is 395 g/mol. The summed E-state index contributed by atoms with van der Waals surface area (Å²) in [6, 6.07) is 4.63. The maximum atomic E-state index is 12.1. The summed E-state index contributed by atoms with van der Waals surface area (Å²) in [6.45, 7) is 0.768. The molecule has 0 unspecified atom stereocenters. The van der Waals surface area contributed by atoms with Crippen LogP contribution >= 0.6 is 23.2 Å². The molecule has 5 nitrogen and oxygen atoms in total. The Morgan fingerprint density at radius 2 is 1.88 bits per heavy atom. The molecule has 26 heavy (non-hydrogen) atoms. The van der Waals surface area contributed by atoms with Crippen LogP contribution in [0.25, 0.3) is 0 Å². The molecule has 8 heteroatoms. The number of carbonyl (C=O) groups excluding carboxylic acids is 1. The second kappa shape index (κ2) is 9.62. The normalized spacial score (nSPS) is 14.7. The minimum atomic E-state index is -3.50. The Morgan fingerprint density at radius 1 is 1.19 bits per heavy atom. The lowest BCUT2D eigenvalue weighted by molar-refractivity contribution is -0.120. The lowest BCUT2D eigenvalue weighted by atomic mass is 10.00. The summed E-state index contributed by atoms with van der Waals surface area (Å²) in [6.07, 6.45) is 8.49. The molecule has 0 radical (unpaired) electrons. The van der Waals surface area contributed by atoms with E-state index >= 15 is 0 Å². The number of hydrogen-bond acceptors (Lipinski definition) is 3. The molecule has 2 rings (SSSR count). The van der Waals surface area contributed by atoms with E-state index < -0.39 is 10.0 Å². The number of anilines is 1. The molecule has 1 aromatic rings. The van der Waals surface area contributed by atoms with Gasteiger partial charge < -0.3 is 5.32 Å². The average molecular weight is 419 g/mol. The molecule has 0 aromatic heterocycles. The molecule has 0 bridgehead atoms. The first-order valence-electron chi connectivity index (χ1n) is 8.64. The number of amides is 1. The molecule has 1 N–H and O–H groups in total. The Kier molecular flexibility index (Phi) is 7.80. The van der Waals surface area contributed by atoms with E-state index in [-0.39, 0.29) is 18.9 Å².